The van der Waals surface area contributed by atoms with Gasteiger partial charge in [0.15, 0.2) is 11.5 Å². The number of hydrogen-bond acceptors (Lipinski definition) is 5. The van der Waals surface area contributed by atoms with Crippen molar-refractivity contribution >= 4 is 23.1 Å². The highest BCUT2D eigenvalue weighted by atomic mass is 16.7. The molecule has 0 bridgehead atoms. The monoisotopic (exact) mass is 361 g/mol. The molecule has 0 atom stereocenters. The van der Waals surface area contributed by atoms with Crippen molar-refractivity contribution in [1.29, 1.82) is 0 Å². The fourth-order valence-electron chi connectivity index (χ4n) is 2.91. The first-order valence-electron chi connectivity index (χ1n) is 8.60. The highest BCUT2D eigenvalue weighted by Gasteiger charge is 2.14. The van der Waals surface area contributed by atoms with E-state index >= 15 is 0 Å². The molecule has 0 saturated heterocycles. The first kappa shape index (κ1) is 16.9. The maximum absolute atomic E-state index is 12.6. The Hall–Kier alpha value is -3.54. The SMILES string of the molecule is Cc1ccc(NC(=O)c2ccnc(Nc3ccc4c(c3)OCO4)c2)c(C)c1. The lowest BCUT2D eigenvalue weighted by Gasteiger charge is -2.11. The van der Waals surface area contributed by atoms with Crippen LogP contribution in [0.5, 0.6) is 11.5 Å². The molecule has 1 aliphatic rings. The highest BCUT2D eigenvalue weighted by molar-refractivity contribution is 6.05. The van der Waals surface area contributed by atoms with E-state index in [2.05, 4.69) is 15.6 Å². The van der Waals surface area contributed by atoms with Gasteiger partial charge in [-0.15, -0.1) is 0 Å². The molecule has 0 spiro atoms. The molecule has 0 radical (unpaired) electrons. The van der Waals surface area contributed by atoms with Gasteiger partial charge in [0, 0.05) is 29.2 Å². The molecule has 6 heteroatoms. The van der Waals surface area contributed by atoms with E-state index in [1.165, 1.54) is 0 Å². The van der Waals surface area contributed by atoms with Gasteiger partial charge in [0.2, 0.25) is 6.79 Å². The molecule has 0 saturated carbocycles. The van der Waals surface area contributed by atoms with Crippen LogP contribution in [0, 0.1) is 13.8 Å². The van der Waals surface area contributed by atoms with Gasteiger partial charge < -0.3 is 20.1 Å². The Morgan fingerprint density at radius 2 is 1.85 bits per heavy atom. The predicted molar refractivity (Wildman–Crippen MR) is 104 cm³/mol. The van der Waals surface area contributed by atoms with E-state index in [1.807, 2.05) is 50.2 Å². The maximum atomic E-state index is 12.6. The van der Waals surface area contributed by atoms with Crippen molar-refractivity contribution in [1.82, 2.24) is 4.98 Å². The fourth-order valence-corrected chi connectivity index (χ4v) is 2.91. The normalized spacial score (nSPS) is 11.9. The van der Waals surface area contributed by atoms with Crippen molar-refractivity contribution in [3.05, 3.63) is 71.4 Å². The Morgan fingerprint density at radius 3 is 2.70 bits per heavy atom. The third kappa shape index (κ3) is 3.69. The molecule has 3 aromatic rings. The van der Waals surface area contributed by atoms with E-state index in [-0.39, 0.29) is 12.7 Å². The molecule has 0 fully saturated rings. The zero-order chi connectivity index (χ0) is 18.8. The molecule has 1 amide bonds. The summed E-state index contributed by atoms with van der Waals surface area (Å²) >= 11 is 0. The van der Waals surface area contributed by atoms with Crippen molar-refractivity contribution in [3.63, 3.8) is 0 Å². The summed E-state index contributed by atoms with van der Waals surface area (Å²) in [6.45, 7) is 4.22. The maximum Gasteiger partial charge on any atom is 0.255 e. The molecular weight excluding hydrogens is 342 g/mol. The van der Waals surface area contributed by atoms with E-state index in [0.717, 1.165) is 28.3 Å². The largest absolute Gasteiger partial charge is 0.454 e. The van der Waals surface area contributed by atoms with Gasteiger partial charge in [0.1, 0.15) is 5.82 Å². The minimum atomic E-state index is -0.182. The summed E-state index contributed by atoms with van der Waals surface area (Å²) in [5, 5.41) is 6.13. The van der Waals surface area contributed by atoms with Crippen LogP contribution in [0.15, 0.2) is 54.7 Å². The Bertz CT molecular complexity index is 1020. The number of carbonyl (C=O) groups excluding carboxylic acids is 1. The molecule has 1 aliphatic heterocycles. The number of anilines is 3. The smallest absolute Gasteiger partial charge is 0.255 e. The standard InChI is InChI=1S/C21H19N3O3/c1-13-3-5-17(14(2)9-13)24-21(25)15-7-8-22-20(10-15)23-16-4-6-18-19(11-16)27-12-26-18/h3-11H,12H2,1-2H3,(H,22,23)(H,24,25). The average Bonchev–Trinajstić information content (AvgIpc) is 3.12. The van der Waals surface area contributed by atoms with Gasteiger partial charge in [-0.3, -0.25) is 4.79 Å². The van der Waals surface area contributed by atoms with Crippen LogP contribution in [0.4, 0.5) is 17.2 Å². The van der Waals surface area contributed by atoms with E-state index < -0.39 is 0 Å². The average molecular weight is 361 g/mol. The number of hydrogen-bond donors (Lipinski definition) is 2. The zero-order valence-electron chi connectivity index (χ0n) is 15.1. The Morgan fingerprint density at radius 1 is 1.00 bits per heavy atom. The molecule has 6 nitrogen and oxygen atoms in total. The van der Waals surface area contributed by atoms with E-state index in [1.54, 1.807) is 18.3 Å². The Kier molecular flexibility index (Phi) is 4.38. The number of fused-ring (bicyclic) bond motifs is 1. The summed E-state index contributed by atoms with van der Waals surface area (Å²) < 4.78 is 10.7. The van der Waals surface area contributed by atoms with Gasteiger partial charge in [-0.25, -0.2) is 4.98 Å². The number of nitrogens with one attached hydrogen (secondary N) is 2. The summed E-state index contributed by atoms with van der Waals surface area (Å²) in [6.07, 6.45) is 1.60. The van der Waals surface area contributed by atoms with Gasteiger partial charge in [-0.1, -0.05) is 17.7 Å². The second-order valence-corrected chi connectivity index (χ2v) is 6.40. The molecule has 2 N–H and O–H groups in total. The zero-order valence-corrected chi connectivity index (χ0v) is 15.1. The second kappa shape index (κ2) is 6.99. The summed E-state index contributed by atoms with van der Waals surface area (Å²) in [5.41, 5.74) is 4.31. The number of aryl methyl sites for hydroxylation is 2. The van der Waals surface area contributed by atoms with Crippen molar-refractivity contribution < 1.29 is 14.3 Å². The molecule has 27 heavy (non-hydrogen) atoms. The van der Waals surface area contributed by atoms with Crippen LogP contribution in [0.1, 0.15) is 21.5 Å². The topological polar surface area (TPSA) is 72.5 Å². The summed E-state index contributed by atoms with van der Waals surface area (Å²) in [5.74, 6) is 1.79. The van der Waals surface area contributed by atoms with Crippen LogP contribution in [0.2, 0.25) is 0 Å². The third-order valence-corrected chi connectivity index (χ3v) is 4.30. The van der Waals surface area contributed by atoms with E-state index in [0.29, 0.717) is 17.1 Å². The number of pyridine rings is 1. The molecule has 4 rings (SSSR count). The number of amides is 1. The fraction of sp³-hybridized carbons (Fsp3) is 0.143. The molecule has 2 heterocycles. The quantitative estimate of drug-likeness (QED) is 0.719. The minimum absolute atomic E-state index is 0.182. The number of ether oxygens (including phenoxy) is 2. The Balaban J connectivity index is 1.51. The van der Waals surface area contributed by atoms with Crippen LogP contribution in [-0.2, 0) is 0 Å². The lowest BCUT2D eigenvalue weighted by molar-refractivity contribution is 0.102. The number of benzene rings is 2. The van der Waals surface area contributed by atoms with E-state index in [9.17, 15) is 4.79 Å². The van der Waals surface area contributed by atoms with Crippen LogP contribution in [-0.4, -0.2) is 17.7 Å². The summed E-state index contributed by atoms with van der Waals surface area (Å²) in [6, 6.07) is 14.9. The predicted octanol–water partition coefficient (Wildman–Crippen LogP) is 4.42. The van der Waals surface area contributed by atoms with Crippen LogP contribution in [0.25, 0.3) is 0 Å². The first-order chi connectivity index (χ1) is 13.1. The van der Waals surface area contributed by atoms with Crippen molar-refractivity contribution in [2.75, 3.05) is 17.4 Å². The second-order valence-electron chi connectivity index (χ2n) is 6.40. The molecule has 0 unspecified atom stereocenters. The van der Waals surface area contributed by atoms with Crippen molar-refractivity contribution in [2.24, 2.45) is 0 Å². The van der Waals surface area contributed by atoms with Crippen molar-refractivity contribution in [3.8, 4) is 11.5 Å². The lowest BCUT2D eigenvalue weighted by atomic mass is 10.1. The number of rotatable bonds is 4. The molecular formula is C21H19N3O3. The number of aromatic nitrogens is 1. The molecule has 2 aromatic carbocycles. The van der Waals surface area contributed by atoms with Gasteiger partial charge in [0.25, 0.3) is 5.91 Å². The third-order valence-electron chi connectivity index (χ3n) is 4.30. The van der Waals surface area contributed by atoms with Crippen molar-refractivity contribution in [2.45, 2.75) is 13.8 Å². The lowest BCUT2D eigenvalue weighted by Crippen LogP contribution is -2.13. The molecule has 136 valence electrons. The number of nitrogens with zero attached hydrogens (tertiary/aromatic N) is 1. The number of carbonyl (C=O) groups is 1. The highest BCUT2D eigenvalue weighted by Crippen LogP contribution is 2.35. The van der Waals surface area contributed by atoms with Gasteiger partial charge in [-0.05, 0) is 49.7 Å². The minimum Gasteiger partial charge on any atom is -0.454 e. The molecule has 1 aromatic heterocycles. The van der Waals surface area contributed by atoms with E-state index in [4.69, 9.17) is 9.47 Å². The summed E-state index contributed by atoms with van der Waals surface area (Å²) in [7, 11) is 0. The van der Waals surface area contributed by atoms with Gasteiger partial charge in [0.05, 0.1) is 0 Å². The van der Waals surface area contributed by atoms with Crippen LogP contribution < -0.4 is 20.1 Å². The van der Waals surface area contributed by atoms with Gasteiger partial charge in [-0.2, -0.15) is 0 Å². The van der Waals surface area contributed by atoms with Crippen LogP contribution >= 0.6 is 0 Å². The van der Waals surface area contributed by atoms with Gasteiger partial charge >= 0.3 is 0 Å². The Labute approximate surface area is 157 Å². The summed E-state index contributed by atoms with van der Waals surface area (Å²) in [4.78, 5) is 16.9. The van der Waals surface area contributed by atoms with Crippen LogP contribution in [0.3, 0.4) is 0 Å². The molecule has 0 aliphatic carbocycles. The first-order valence-corrected chi connectivity index (χ1v) is 8.60.